The number of benzene rings is 4. The Morgan fingerprint density at radius 3 is 1.02 bits per heavy atom. The molecule has 288 valence electrons. The van der Waals surface area contributed by atoms with E-state index in [4.69, 9.17) is 0 Å². The third kappa shape index (κ3) is 15.9. The summed E-state index contributed by atoms with van der Waals surface area (Å²) in [5.74, 6) is 0. The zero-order valence-corrected chi connectivity index (χ0v) is 36.7. The van der Waals surface area contributed by atoms with Gasteiger partial charge in [-0.15, -0.1) is 0 Å². The molecule has 0 heterocycles. The molecular weight excluding hydrogens is 729 g/mol. The van der Waals surface area contributed by atoms with Gasteiger partial charge in [0.2, 0.25) is 0 Å². The van der Waals surface area contributed by atoms with E-state index in [9.17, 15) is 25.9 Å². The fraction of sp³-hybridized carbons (Fsp3) is 0.545. The molecule has 0 aromatic heterocycles. The summed E-state index contributed by atoms with van der Waals surface area (Å²) in [6.45, 7) is 8.66. The van der Waals surface area contributed by atoms with Gasteiger partial charge in [-0.2, -0.15) is 0 Å². The van der Waals surface area contributed by atoms with E-state index in [1.54, 1.807) is 0 Å². The summed E-state index contributed by atoms with van der Waals surface area (Å²) in [7, 11) is -9.00. The van der Waals surface area contributed by atoms with Crippen molar-refractivity contribution in [3.05, 3.63) is 82.9 Å². The summed E-state index contributed by atoms with van der Waals surface area (Å²) < 4.78 is 72.1. The normalized spacial score (nSPS) is 11.7. The second-order valence-electron chi connectivity index (χ2n) is 14.4. The molecule has 4 aromatic rings. The molecule has 0 aliphatic heterocycles. The number of fused-ring (bicyclic) bond motifs is 2. The minimum absolute atomic E-state index is 0. The first kappa shape index (κ1) is 47.6. The molecule has 53 heavy (non-hydrogen) atoms. The molecule has 0 aliphatic carbocycles. The standard InChI is InChI=1S/2C22H32O3S.Ca/c2*1-3-5-7-9-11-18-13-14-19-15-16-20(12-10-8-6-4-2)22(21(19)17-18)26(23,24)25;/h2*13-17H,3-12H2,1-2H3,(H,23,24,25);/q;;+2/p-2. The summed E-state index contributed by atoms with van der Waals surface area (Å²) >= 11 is 0. The number of unbranched alkanes of at least 4 members (excludes halogenated alkanes) is 12. The van der Waals surface area contributed by atoms with Crippen molar-refractivity contribution in [1.82, 2.24) is 0 Å². The SMILES string of the molecule is CCCCCCc1ccc2ccc(CCCCCC)c(S(=O)(=O)[O-])c2c1.CCCCCCc1ccc2ccc(CCCCCC)c(S(=O)(=O)[O-])c2c1.[Ca+2]. The van der Waals surface area contributed by atoms with Crippen molar-refractivity contribution >= 4 is 79.5 Å². The first-order valence-corrected chi connectivity index (χ1v) is 22.8. The predicted octanol–water partition coefficient (Wildman–Crippen LogP) is 11.6. The van der Waals surface area contributed by atoms with Crippen molar-refractivity contribution in [3.63, 3.8) is 0 Å². The topological polar surface area (TPSA) is 114 Å². The van der Waals surface area contributed by atoms with Crippen LogP contribution in [0.2, 0.25) is 0 Å². The van der Waals surface area contributed by atoms with Gasteiger partial charge in [-0.05, 0) is 107 Å². The zero-order chi connectivity index (χ0) is 38.0. The van der Waals surface area contributed by atoms with Crippen LogP contribution in [0, 0.1) is 0 Å². The molecule has 0 N–H and O–H groups in total. The smallest absolute Gasteiger partial charge is 0.744 e. The third-order valence-corrected chi connectivity index (χ3v) is 11.9. The summed E-state index contributed by atoms with van der Waals surface area (Å²) in [6.07, 6.45) is 21.0. The fourth-order valence-corrected chi connectivity index (χ4v) is 8.94. The first-order valence-electron chi connectivity index (χ1n) is 19.9. The minimum Gasteiger partial charge on any atom is -0.744 e. The molecule has 0 atom stereocenters. The third-order valence-electron chi connectivity index (χ3n) is 9.97. The van der Waals surface area contributed by atoms with Crippen LogP contribution in [0.15, 0.2) is 70.5 Å². The first-order chi connectivity index (χ1) is 24.9. The summed E-state index contributed by atoms with van der Waals surface area (Å²) in [6, 6.07) is 19.4. The van der Waals surface area contributed by atoms with E-state index in [0.29, 0.717) is 34.7 Å². The predicted molar refractivity (Wildman–Crippen MR) is 221 cm³/mol. The average Bonchev–Trinajstić information content (AvgIpc) is 3.11. The molecule has 6 nitrogen and oxygen atoms in total. The molecule has 4 aromatic carbocycles. The quantitative estimate of drug-likeness (QED) is 0.0445. The fourth-order valence-electron chi connectivity index (χ4n) is 7.06. The maximum Gasteiger partial charge on any atom is 2.00 e. The molecule has 0 radical (unpaired) electrons. The minimum atomic E-state index is -4.50. The van der Waals surface area contributed by atoms with Crippen LogP contribution in [-0.4, -0.2) is 63.7 Å². The molecule has 0 saturated heterocycles. The molecule has 0 aliphatic rings. The van der Waals surface area contributed by atoms with Crippen molar-refractivity contribution < 1.29 is 25.9 Å². The Kier molecular flexibility index (Phi) is 22.4. The van der Waals surface area contributed by atoms with E-state index in [1.165, 1.54) is 38.5 Å². The van der Waals surface area contributed by atoms with E-state index in [1.807, 2.05) is 48.5 Å². The monoisotopic (exact) mass is 790 g/mol. The molecule has 0 spiro atoms. The van der Waals surface area contributed by atoms with Crippen LogP contribution in [0.4, 0.5) is 0 Å². The van der Waals surface area contributed by atoms with E-state index in [0.717, 1.165) is 98.9 Å². The number of aryl methyl sites for hydroxylation is 4. The average molecular weight is 791 g/mol. The zero-order valence-electron chi connectivity index (χ0n) is 32.9. The van der Waals surface area contributed by atoms with Gasteiger partial charge in [0.1, 0.15) is 20.2 Å². The number of hydrogen-bond acceptors (Lipinski definition) is 6. The van der Waals surface area contributed by atoms with Crippen LogP contribution in [-0.2, 0) is 45.9 Å². The Hall–Kier alpha value is -1.52. The van der Waals surface area contributed by atoms with Gasteiger partial charge in [0.05, 0.1) is 9.79 Å². The Morgan fingerprint density at radius 2 is 0.717 bits per heavy atom. The Bertz CT molecular complexity index is 1750. The molecular formula is C44H62CaO6S2. The van der Waals surface area contributed by atoms with Gasteiger partial charge in [-0.25, -0.2) is 16.8 Å². The molecule has 4 rings (SSSR count). The summed E-state index contributed by atoms with van der Waals surface area (Å²) in [5, 5.41) is 2.85. The van der Waals surface area contributed by atoms with E-state index in [-0.39, 0.29) is 47.5 Å². The van der Waals surface area contributed by atoms with E-state index in [2.05, 4.69) is 39.8 Å². The van der Waals surface area contributed by atoms with Gasteiger partial charge < -0.3 is 9.11 Å². The van der Waals surface area contributed by atoms with Crippen molar-refractivity contribution in [2.24, 2.45) is 0 Å². The second kappa shape index (κ2) is 24.9. The largest absolute Gasteiger partial charge is 2.00 e. The molecule has 0 saturated carbocycles. The van der Waals surface area contributed by atoms with Crippen molar-refractivity contribution in [2.45, 2.75) is 166 Å². The van der Waals surface area contributed by atoms with Gasteiger partial charge in [-0.3, -0.25) is 0 Å². The summed E-state index contributed by atoms with van der Waals surface area (Å²) in [4.78, 5) is 0.00353. The van der Waals surface area contributed by atoms with Crippen LogP contribution >= 0.6 is 0 Å². The van der Waals surface area contributed by atoms with Crippen molar-refractivity contribution in [2.75, 3.05) is 0 Å². The van der Waals surface area contributed by atoms with Crippen molar-refractivity contribution in [1.29, 1.82) is 0 Å². The maximum absolute atomic E-state index is 12.0. The Balaban J connectivity index is 0.000000360. The van der Waals surface area contributed by atoms with Gasteiger partial charge >= 0.3 is 37.7 Å². The Morgan fingerprint density at radius 1 is 0.415 bits per heavy atom. The van der Waals surface area contributed by atoms with Gasteiger partial charge in [-0.1, -0.05) is 153 Å². The van der Waals surface area contributed by atoms with Crippen molar-refractivity contribution in [3.8, 4) is 0 Å². The van der Waals surface area contributed by atoms with E-state index >= 15 is 0 Å². The van der Waals surface area contributed by atoms with Crippen LogP contribution in [0.5, 0.6) is 0 Å². The van der Waals surface area contributed by atoms with Crippen LogP contribution in [0.25, 0.3) is 21.5 Å². The van der Waals surface area contributed by atoms with Gasteiger partial charge in [0.15, 0.2) is 0 Å². The number of rotatable bonds is 22. The maximum atomic E-state index is 12.0. The molecule has 9 heteroatoms. The number of hydrogen-bond donors (Lipinski definition) is 0. The Labute approximate surface area is 351 Å². The molecule has 0 unspecified atom stereocenters. The van der Waals surface area contributed by atoms with Gasteiger partial charge in [0.25, 0.3) is 0 Å². The van der Waals surface area contributed by atoms with E-state index < -0.39 is 20.2 Å². The van der Waals surface area contributed by atoms with Crippen LogP contribution < -0.4 is 0 Å². The molecule has 0 bridgehead atoms. The summed E-state index contributed by atoms with van der Waals surface area (Å²) in [5.41, 5.74) is 3.57. The molecule has 0 amide bonds. The van der Waals surface area contributed by atoms with Gasteiger partial charge in [0, 0.05) is 0 Å². The van der Waals surface area contributed by atoms with Crippen LogP contribution in [0.1, 0.15) is 153 Å². The molecule has 0 fully saturated rings. The second-order valence-corrected chi connectivity index (χ2v) is 17.0. The van der Waals surface area contributed by atoms with Crippen LogP contribution in [0.3, 0.4) is 0 Å².